The summed E-state index contributed by atoms with van der Waals surface area (Å²) >= 11 is 0. The van der Waals surface area contributed by atoms with E-state index in [1.54, 1.807) is 7.05 Å². The fraction of sp³-hybridized carbons (Fsp3) is 0.182. The summed E-state index contributed by atoms with van der Waals surface area (Å²) in [6.45, 7) is 0. The van der Waals surface area contributed by atoms with E-state index in [1.807, 2.05) is 0 Å². The van der Waals surface area contributed by atoms with Crippen LogP contribution in [-0.2, 0) is 23.1 Å². The van der Waals surface area contributed by atoms with Gasteiger partial charge in [-0.25, -0.2) is 4.79 Å². The Morgan fingerprint density at radius 2 is 2.06 bits per heavy atom. The van der Waals surface area contributed by atoms with Gasteiger partial charge in [-0.15, -0.1) is 0 Å². The number of rotatable bonds is 5. The van der Waals surface area contributed by atoms with Crippen LogP contribution in [-0.4, -0.2) is 33.0 Å². The SMILES string of the molecule is Cn1cc(/C=C/C(=O)O)c(CC(=O)O)c1C=O. The molecule has 0 aliphatic carbocycles. The summed E-state index contributed by atoms with van der Waals surface area (Å²) in [6.07, 6.45) is 3.91. The third-order valence-electron chi connectivity index (χ3n) is 2.22. The van der Waals surface area contributed by atoms with E-state index in [2.05, 4.69) is 0 Å². The number of aromatic nitrogens is 1. The van der Waals surface area contributed by atoms with Crippen LogP contribution in [0.3, 0.4) is 0 Å². The van der Waals surface area contributed by atoms with E-state index in [0.717, 1.165) is 6.08 Å². The molecule has 0 unspecified atom stereocenters. The third-order valence-corrected chi connectivity index (χ3v) is 2.22. The highest BCUT2D eigenvalue weighted by atomic mass is 16.4. The molecule has 1 aromatic rings. The monoisotopic (exact) mass is 237 g/mol. The fourth-order valence-corrected chi connectivity index (χ4v) is 1.52. The number of carbonyl (C=O) groups excluding carboxylic acids is 1. The highest BCUT2D eigenvalue weighted by molar-refractivity contribution is 5.88. The molecule has 0 spiro atoms. The van der Waals surface area contributed by atoms with Gasteiger partial charge < -0.3 is 14.8 Å². The maximum absolute atomic E-state index is 10.8. The number of carbonyl (C=O) groups is 3. The minimum absolute atomic E-state index is 0.234. The molecule has 1 rings (SSSR count). The molecule has 6 heteroatoms. The molecule has 0 aliphatic heterocycles. The predicted molar refractivity (Wildman–Crippen MR) is 58.8 cm³/mol. The van der Waals surface area contributed by atoms with E-state index in [4.69, 9.17) is 10.2 Å². The predicted octanol–water partition coefficient (Wildman–Crippen LogP) is 0.562. The Morgan fingerprint density at radius 3 is 2.53 bits per heavy atom. The van der Waals surface area contributed by atoms with E-state index < -0.39 is 11.9 Å². The van der Waals surface area contributed by atoms with E-state index in [-0.39, 0.29) is 12.1 Å². The first-order chi connectivity index (χ1) is 7.95. The second-order valence-electron chi connectivity index (χ2n) is 3.42. The highest BCUT2D eigenvalue weighted by Crippen LogP contribution is 2.18. The van der Waals surface area contributed by atoms with Gasteiger partial charge >= 0.3 is 11.9 Å². The molecule has 90 valence electrons. The van der Waals surface area contributed by atoms with Gasteiger partial charge in [0.1, 0.15) is 0 Å². The van der Waals surface area contributed by atoms with Crippen molar-refractivity contribution in [2.75, 3.05) is 0 Å². The van der Waals surface area contributed by atoms with Gasteiger partial charge in [-0.1, -0.05) is 0 Å². The lowest BCUT2D eigenvalue weighted by atomic mass is 10.1. The van der Waals surface area contributed by atoms with Crippen molar-refractivity contribution in [2.24, 2.45) is 7.05 Å². The summed E-state index contributed by atoms with van der Waals surface area (Å²) in [5.41, 5.74) is 0.962. The molecule has 0 aliphatic rings. The smallest absolute Gasteiger partial charge is 0.328 e. The Bertz CT molecular complexity index is 498. The summed E-state index contributed by atoms with van der Waals surface area (Å²) in [5, 5.41) is 17.2. The van der Waals surface area contributed by atoms with Gasteiger partial charge in [0, 0.05) is 19.3 Å². The molecule has 0 aromatic carbocycles. The van der Waals surface area contributed by atoms with Crippen molar-refractivity contribution < 1.29 is 24.6 Å². The second-order valence-corrected chi connectivity index (χ2v) is 3.42. The van der Waals surface area contributed by atoms with Crippen molar-refractivity contribution in [3.05, 3.63) is 29.1 Å². The van der Waals surface area contributed by atoms with Crippen LogP contribution in [0.25, 0.3) is 6.08 Å². The van der Waals surface area contributed by atoms with Crippen LogP contribution < -0.4 is 0 Å². The van der Waals surface area contributed by atoms with Gasteiger partial charge in [-0.3, -0.25) is 9.59 Å². The molecular weight excluding hydrogens is 226 g/mol. The van der Waals surface area contributed by atoms with Gasteiger partial charge in [0.25, 0.3) is 0 Å². The highest BCUT2D eigenvalue weighted by Gasteiger charge is 2.14. The number of nitrogens with zero attached hydrogens (tertiary/aromatic N) is 1. The largest absolute Gasteiger partial charge is 0.481 e. The lowest BCUT2D eigenvalue weighted by molar-refractivity contribution is -0.136. The average Bonchev–Trinajstić information content (AvgIpc) is 2.51. The van der Waals surface area contributed by atoms with E-state index in [0.29, 0.717) is 17.4 Å². The quantitative estimate of drug-likeness (QED) is 0.576. The van der Waals surface area contributed by atoms with Crippen LogP contribution in [0.15, 0.2) is 12.3 Å². The first kappa shape index (κ1) is 12.7. The molecule has 0 radical (unpaired) electrons. The summed E-state index contributed by atoms with van der Waals surface area (Å²) in [5.74, 6) is -2.22. The minimum Gasteiger partial charge on any atom is -0.481 e. The maximum atomic E-state index is 10.8. The van der Waals surface area contributed by atoms with Crippen molar-refractivity contribution >= 4 is 24.3 Å². The van der Waals surface area contributed by atoms with Gasteiger partial charge in [-0.2, -0.15) is 0 Å². The Labute approximate surface area is 96.8 Å². The Kier molecular flexibility index (Phi) is 3.82. The molecule has 0 bridgehead atoms. The number of hydrogen-bond acceptors (Lipinski definition) is 3. The Balaban J connectivity index is 3.24. The van der Waals surface area contributed by atoms with Crippen LogP contribution in [0.5, 0.6) is 0 Å². The molecule has 0 saturated heterocycles. The zero-order valence-corrected chi connectivity index (χ0v) is 9.08. The van der Waals surface area contributed by atoms with Crippen molar-refractivity contribution in [1.82, 2.24) is 4.57 Å². The van der Waals surface area contributed by atoms with Crippen molar-refractivity contribution in [1.29, 1.82) is 0 Å². The standard InChI is InChI=1S/C11H11NO5/c1-12-5-7(2-3-10(14)15)8(4-11(16)17)9(12)6-13/h2-3,5-6H,4H2,1H3,(H,14,15)(H,16,17)/b3-2+. The van der Waals surface area contributed by atoms with Crippen molar-refractivity contribution in [2.45, 2.75) is 6.42 Å². The van der Waals surface area contributed by atoms with Crippen LogP contribution in [0, 0.1) is 0 Å². The molecule has 6 nitrogen and oxygen atoms in total. The summed E-state index contributed by atoms with van der Waals surface area (Å²) in [6, 6.07) is 0. The van der Waals surface area contributed by atoms with Crippen molar-refractivity contribution in [3.63, 3.8) is 0 Å². The number of carboxylic acid groups (broad SMARTS) is 2. The van der Waals surface area contributed by atoms with Crippen LogP contribution in [0.2, 0.25) is 0 Å². The molecule has 2 N–H and O–H groups in total. The van der Waals surface area contributed by atoms with Gasteiger partial charge in [-0.05, 0) is 17.2 Å². The molecule has 0 amide bonds. The van der Waals surface area contributed by atoms with E-state index in [1.165, 1.54) is 16.8 Å². The average molecular weight is 237 g/mol. The second kappa shape index (κ2) is 5.11. The molecular formula is C11H11NO5. The topological polar surface area (TPSA) is 96.6 Å². The van der Waals surface area contributed by atoms with Crippen LogP contribution in [0.4, 0.5) is 0 Å². The molecule has 1 aromatic heterocycles. The van der Waals surface area contributed by atoms with Gasteiger partial charge in [0.15, 0.2) is 6.29 Å². The van der Waals surface area contributed by atoms with E-state index >= 15 is 0 Å². The normalized spacial score (nSPS) is 10.6. The number of carboxylic acids is 2. The van der Waals surface area contributed by atoms with Gasteiger partial charge in [0.2, 0.25) is 0 Å². The number of aryl methyl sites for hydroxylation is 1. The molecule has 17 heavy (non-hydrogen) atoms. The first-order valence-electron chi connectivity index (χ1n) is 4.72. The summed E-state index contributed by atoms with van der Waals surface area (Å²) < 4.78 is 1.47. The fourth-order valence-electron chi connectivity index (χ4n) is 1.52. The minimum atomic E-state index is -1.14. The zero-order chi connectivity index (χ0) is 13.0. The number of hydrogen-bond donors (Lipinski definition) is 2. The van der Waals surface area contributed by atoms with Crippen molar-refractivity contribution in [3.8, 4) is 0 Å². The molecule has 1 heterocycles. The van der Waals surface area contributed by atoms with Crippen LogP contribution >= 0.6 is 0 Å². The first-order valence-corrected chi connectivity index (χ1v) is 4.72. The van der Waals surface area contributed by atoms with E-state index in [9.17, 15) is 14.4 Å². The molecule has 0 saturated carbocycles. The molecule has 0 atom stereocenters. The third kappa shape index (κ3) is 3.04. The zero-order valence-electron chi connectivity index (χ0n) is 9.08. The van der Waals surface area contributed by atoms with Crippen LogP contribution in [0.1, 0.15) is 21.6 Å². The summed E-state index contributed by atoms with van der Waals surface area (Å²) in [4.78, 5) is 31.9. The van der Waals surface area contributed by atoms with Gasteiger partial charge in [0.05, 0.1) is 12.1 Å². The Morgan fingerprint density at radius 1 is 1.41 bits per heavy atom. The Hall–Kier alpha value is -2.37. The lowest BCUT2D eigenvalue weighted by Crippen LogP contribution is -2.04. The number of aliphatic carboxylic acids is 2. The lowest BCUT2D eigenvalue weighted by Gasteiger charge is -1.98. The summed E-state index contributed by atoms with van der Waals surface area (Å²) in [7, 11) is 1.59. The maximum Gasteiger partial charge on any atom is 0.328 e. The molecule has 0 fully saturated rings. The number of aldehydes is 1.